The Morgan fingerprint density at radius 2 is 1.26 bits per heavy atom. The predicted octanol–water partition coefficient (Wildman–Crippen LogP) is 11.8. The summed E-state index contributed by atoms with van der Waals surface area (Å²) in [7, 11) is 3.19. The molecule has 8 heteroatoms. The highest BCUT2D eigenvalue weighted by Gasteiger charge is 2.40. The quantitative estimate of drug-likeness (QED) is 0.0680. The van der Waals surface area contributed by atoms with Crippen LogP contribution in [0.4, 0.5) is 0 Å². The number of nitrogens with one attached hydrogen (secondary N) is 1. The molecule has 0 radical (unpaired) electrons. The molecule has 0 amide bonds. The van der Waals surface area contributed by atoms with Crippen LogP contribution >= 0.6 is 11.3 Å². The first kappa shape index (κ1) is 43.5. The summed E-state index contributed by atoms with van der Waals surface area (Å²) < 4.78 is 25.3. The van der Waals surface area contributed by atoms with Gasteiger partial charge in [-0.25, -0.2) is 0 Å². The molecule has 9 rings (SSSR count). The number of carbonyl (C=O) groups is 1. The molecule has 0 aliphatic carbocycles. The Labute approximate surface area is 386 Å². The van der Waals surface area contributed by atoms with E-state index in [1.807, 2.05) is 84.9 Å². The number of nitrogens with zero attached hydrogens (tertiary/aromatic N) is 1. The molecule has 1 atom stereocenters. The molecule has 0 saturated carbocycles. The Bertz CT molecular complexity index is 2690. The Morgan fingerprint density at radius 3 is 1.86 bits per heavy atom. The largest absolute Gasteiger partial charge is 0.496 e. The summed E-state index contributed by atoms with van der Waals surface area (Å²) in [5.41, 5.74) is 7.94. The van der Waals surface area contributed by atoms with Gasteiger partial charge in [-0.15, -0.1) is 11.3 Å². The van der Waals surface area contributed by atoms with Gasteiger partial charge in [0, 0.05) is 21.7 Å². The zero-order chi connectivity index (χ0) is 44.4. The van der Waals surface area contributed by atoms with Crippen LogP contribution in [0.25, 0.3) is 20.5 Å². The summed E-state index contributed by atoms with van der Waals surface area (Å²) in [5.74, 6) is 1.99. The van der Waals surface area contributed by atoms with Gasteiger partial charge in [0.2, 0.25) is 0 Å². The van der Waals surface area contributed by atoms with E-state index < -0.39 is 17.6 Å². The zero-order valence-electron chi connectivity index (χ0n) is 37.0. The third-order valence-corrected chi connectivity index (χ3v) is 13.6. The van der Waals surface area contributed by atoms with Crippen LogP contribution in [0.5, 0.6) is 17.2 Å². The molecule has 1 aliphatic rings. The minimum atomic E-state index is -0.891. The average Bonchev–Trinajstić information content (AvgIpc) is 4.02. The molecule has 0 spiro atoms. The second-order valence-corrected chi connectivity index (χ2v) is 17.6. The normalized spacial score (nSPS) is 13.4. The highest BCUT2D eigenvalue weighted by atomic mass is 32.1. The van der Waals surface area contributed by atoms with Crippen molar-refractivity contribution >= 4 is 27.4 Å². The molecular weight excluding hydrogens is 825 g/mol. The molecule has 8 aromatic rings. The monoisotopic (exact) mass is 878 g/mol. The number of rotatable bonds is 18. The van der Waals surface area contributed by atoms with Crippen LogP contribution in [0.3, 0.4) is 0 Å². The van der Waals surface area contributed by atoms with E-state index in [2.05, 4.69) is 107 Å². The molecule has 328 valence electrons. The van der Waals surface area contributed by atoms with Gasteiger partial charge >= 0.3 is 5.97 Å². The van der Waals surface area contributed by atoms with Gasteiger partial charge < -0.3 is 18.9 Å². The van der Waals surface area contributed by atoms with Gasteiger partial charge in [-0.2, -0.15) is 0 Å². The van der Waals surface area contributed by atoms with Crippen molar-refractivity contribution in [2.24, 2.45) is 0 Å². The van der Waals surface area contributed by atoms with E-state index in [9.17, 15) is 4.79 Å². The van der Waals surface area contributed by atoms with Gasteiger partial charge in [-0.3, -0.25) is 15.0 Å². The number of hydrogen-bond acceptors (Lipinski definition) is 8. The fraction of sp³-hybridized carbons (Fsp3) is 0.211. The van der Waals surface area contributed by atoms with E-state index in [0.717, 1.165) is 70.1 Å². The average molecular weight is 879 g/mol. The van der Waals surface area contributed by atoms with Crippen molar-refractivity contribution in [1.29, 1.82) is 0 Å². The Balaban J connectivity index is 1.01. The standard InChI is InChI=1S/C57H54N2O5S/c1-61-53-36-42(25-26-44(53)38-59-33-15-16-34-59)35-51-50-32-31-49(63-39-41-17-7-3-8-18-41)37-54(50)65-55(51)43-27-29-48(30-28-43)64-40-52(56(60)62-2)58-57(45-19-9-4-10-20-45,46-21-11-5-12-22-46)47-23-13-6-14-24-47/h3-14,17-32,36-37,52,58H,15-16,33-35,38-40H2,1-2H3. The lowest BCUT2D eigenvalue weighted by molar-refractivity contribution is -0.144. The molecule has 1 aliphatic heterocycles. The number of carbonyl (C=O) groups excluding carboxylic acids is 1. The van der Waals surface area contributed by atoms with Crippen molar-refractivity contribution < 1.29 is 23.7 Å². The van der Waals surface area contributed by atoms with Crippen LogP contribution in [-0.2, 0) is 34.6 Å². The van der Waals surface area contributed by atoms with E-state index in [1.54, 1.807) is 18.4 Å². The first-order chi connectivity index (χ1) is 32.0. The molecule has 1 N–H and O–H groups in total. The molecule has 1 saturated heterocycles. The summed E-state index contributed by atoms with van der Waals surface area (Å²) in [5, 5.41) is 4.95. The maximum absolute atomic E-state index is 13.7. The van der Waals surface area contributed by atoms with Crippen LogP contribution in [0.15, 0.2) is 182 Å². The van der Waals surface area contributed by atoms with Crippen molar-refractivity contribution in [3.05, 3.63) is 221 Å². The van der Waals surface area contributed by atoms with Crippen LogP contribution in [0, 0.1) is 0 Å². The van der Waals surface area contributed by atoms with Gasteiger partial charge in [0.15, 0.2) is 0 Å². The van der Waals surface area contributed by atoms with Crippen molar-refractivity contribution in [2.45, 2.75) is 44.0 Å². The molecule has 7 nitrogen and oxygen atoms in total. The third-order valence-electron chi connectivity index (χ3n) is 12.4. The van der Waals surface area contributed by atoms with E-state index >= 15 is 0 Å². The number of esters is 1. The maximum Gasteiger partial charge on any atom is 0.326 e. The molecule has 7 aromatic carbocycles. The van der Waals surface area contributed by atoms with E-state index in [1.165, 1.54) is 46.9 Å². The van der Waals surface area contributed by atoms with Crippen LogP contribution in [0.2, 0.25) is 0 Å². The lowest BCUT2D eigenvalue weighted by atomic mass is 9.76. The molecule has 1 aromatic heterocycles. The van der Waals surface area contributed by atoms with E-state index in [-0.39, 0.29) is 6.61 Å². The number of ether oxygens (including phenoxy) is 4. The highest BCUT2D eigenvalue weighted by molar-refractivity contribution is 7.22. The smallest absolute Gasteiger partial charge is 0.326 e. The predicted molar refractivity (Wildman–Crippen MR) is 262 cm³/mol. The number of benzene rings is 7. The van der Waals surface area contributed by atoms with Crippen LogP contribution in [-0.4, -0.2) is 50.8 Å². The minimum absolute atomic E-state index is 0.0375. The Kier molecular flexibility index (Phi) is 13.7. The minimum Gasteiger partial charge on any atom is -0.496 e. The van der Waals surface area contributed by atoms with Crippen molar-refractivity contribution in [3.63, 3.8) is 0 Å². The summed E-state index contributed by atoms with van der Waals surface area (Å²) in [4.78, 5) is 17.4. The van der Waals surface area contributed by atoms with Gasteiger partial charge in [0.25, 0.3) is 0 Å². The fourth-order valence-corrected chi connectivity index (χ4v) is 10.3. The molecule has 2 heterocycles. The molecule has 1 unspecified atom stereocenters. The lowest BCUT2D eigenvalue weighted by Gasteiger charge is -2.39. The number of hydrogen-bond donors (Lipinski definition) is 1. The third kappa shape index (κ3) is 9.86. The van der Waals surface area contributed by atoms with Gasteiger partial charge in [0.05, 0.1) is 19.8 Å². The first-order valence-corrected chi connectivity index (χ1v) is 23.2. The van der Waals surface area contributed by atoms with Crippen LogP contribution < -0.4 is 19.5 Å². The number of fused-ring (bicyclic) bond motifs is 1. The topological polar surface area (TPSA) is 69.3 Å². The van der Waals surface area contributed by atoms with Crippen LogP contribution in [0.1, 0.15) is 51.8 Å². The zero-order valence-corrected chi connectivity index (χ0v) is 37.8. The molecule has 0 bridgehead atoms. The summed E-state index contributed by atoms with van der Waals surface area (Å²) in [6.45, 7) is 3.71. The van der Waals surface area contributed by atoms with Crippen molar-refractivity contribution in [2.75, 3.05) is 33.9 Å². The summed E-state index contributed by atoms with van der Waals surface area (Å²) in [6, 6.07) is 61.4. The summed E-state index contributed by atoms with van der Waals surface area (Å²) >= 11 is 1.77. The molecule has 1 fully saturated rings. The lowest BCUT2D eigenvalue weighted by Crippen LogP contribution is -2.55. The number of methoxy groups -OCH3 is 2. The van der Waals surface area contributed by atoms with Crippen molar-refractivity contribution in [1.82, 2.24) is 10.2 Å². The van der Waals surface area contributed by atoms with E-state index in [0.29, 0.717) is 12.4 Å². The number of thiophene rings is 1. The first-order valence-electron chi connectivity index (χ1n) is 22.4. The second kappa shape index (κ2) is 20.4. The fourth-order valence-electron chi connectivity index (χ4n) is 9.05. The van der Waals surface area contributed by atoms with Gasteiger partial charge in [-0.05, 0) is 125 Å². The second-order valence-electron chi connectivity index (χ2n) is 16.6. The van der Waals surface area contributed by atoms with Gasteiger partial charge in [-0.1, -0.05) is 133 Å². The maximum atomic E-state index is 13.7. The molecular formula is C57H54N2O5S. The summed E-state index contributed by atoms with van der Waals surface area (Å²) in [6.07, 6.45) is 3.24. The SMILES string of the molecule is COC(=O)C(COc1ccc(-c2sc3cc(OCc4ccccc4)ccc3c2Cc2ccc(CN3CCCC3)c(OC)c2)cc1)NC(c1ccccc1)(c1ccccc1)c1ccccc1. The van der Waals surface area contributed by atoms with Gasteiger partial charge in [0.1, 0.15) is 36.5 Å². The number of likely N-dealkylation sites (tertiary alicyclic amines) is 1. The Morgan fingerprint density at radius 1 is 0.662 bits per heavy atom. The van der Waals surface area contributed by atoms with Crippen molar-refractivity contribution in [3.8, 4) is 27.7 Å². The highest BCUT2D eigenvalue weighted by Crippen LogP contribution is 2.43. The van der Waals surface area contributed by atoms with E-state index in [4.69, 9.17) is 18.9 Å². The Hall–Kier alpha value is -6.71. The molecule has 65 heavy (non-hydrogen) atoms.